The number of amides is 1. The summed E-state index contributed by atoms with van der Waals surface area (Å²) >= 11 is 0. The number of pyridine rings is 2. The van der Waals surface area contributed by atoms with Crippen LogP contribution in [0.1, 0.15) is 39.8 Å². The zero-order valence-corrected chi connectivity index (χ0v) is 15.5. The van der Waals surface area contributed by atoms with Crippen molar-refractivity contribution < 1.29 is 26.8 Å². The number of halogens is 4. The molecule has 29 heavy (non-hydrogen) atoms. The molecule has 0 aliphatic rings. The molecule has 0 aliphatic carbocycles. The zero-order chi connectivity index (χ0) is 21.7. The third-order valence-electron chi connectivity index (χ3n) is 3.62. The monoisotopic (exact) mass is 412 g/mol. The van der Waals surface area contributed by atoms with Gasteiger partial charge >= 0.3 is 6.43 Å². The molecule has 0 aromatic carbocycles. The summed E-state index contributed by atoms with van der Waals surface area (Å²) in [6, 6.07) is 2.23. The van der Waals surface area contributed by atoms with E-state index in [0.717, 1.165) is 12.1 Å². The standard InChI is InChI=1S/C9H6F3N3O.C8H10FN3O/c1-4-6(10)2-5(3-13-4)8-14-15-9(16-8)7(11)12;1-4-6(8(13)12-10)3-7(9)5(2)11-4/h2-3,7H,1H3;3H,10H2,1-2H3,(H,12,13). The van der Waals surface area contributed by atoms with E-state index in [9.17, 15) is 22.4 Å². The number of rotatable bonds is 3. The van der Waals surface area contributed by atoms with E-state index < -0.39 is 29.9 Å². The van der Waals surface area contributed by atoms with Gasteiger partial charge < -0.3 is 4.42 Å². The Bertz CT molecular complexity index is 1030. The minimum absolute atomic E-state index is 0.158. The second-order valence-electron chi connectivity index (χ2n) is 5.70. The van der Waals surface area contributed by atoms with Gasteiger partial charge in [0.1, 0.15) is 11.6 Å². The molecule has 0 bridgehead atoms. The number of aryl methyl sites for hydroxylation is 3. The van der Waals surface area contributed by atoms with Gasteiger partial charge in [0.15, 0.2) is 0 Å². The van der Waals surface area contributed by atoms with Crippen LogP contribution in [0.2, 0.25) is 0 Å². The number of nitrogens with one attached hydrogen (secondary N) is 1. The lowest BCUT2D eigenvalue weighted by atomic mass is 10.1. The molecule has 0 saturated carbocycles. The van der Waals surface area contributed by atoms with Crippen LogP contribution >= 0.6 is 0 Å². The smallest absolute Gasteiger partial charge is 0.314 e. The number of hydrazine groups is 1. The molecule has 3 aromatic rings. The van der Waals surface area contributed by atoms with E-state index in [1.54, 1.807) is 6.92 Å². The van der Waals surface area contributed by atoms with Crippen molar-refractivity contribution in [3.63, 3.8) is 0 Å². The third-order valence-corrected chi connectivity index (χ3v) is 3.62. The van der Waals surface area contributed by atoms with Gasteiger partial charge in [-0.05, 0) is 32.9 Å². The molecular formula is C17H16F4N6O2. The lowest BCUT2D eigenvalue weighted by molar-refractivity contribution is 0.0952. The highest BCUT2D eigenvalue weighted by molar-refractivity contribution is 5.94. The van der Waals surface area contributed by atoms with E-state index in [1.165, 1.54) is 20.0 Å². The average molecular weight is 412 g/mol. The highest BCUT2D eigenvalue weighted by atomic mass is 19.3. The highest BCUT2D eigenvalue weighted by Crippen LogP contribution is 2.23. The van der Waals surface area contributed by atoms with Crippen LogP contribution in [-0.2, 0) is 0 Å². The molecule has 3 N–H and O–H groups in total. The molecule has 3 heterocycles. The maximum Gasteiger partial charge on any atom is 0.314 e. The van der Waals surface area contributed by atoms with Crippen LogP contribution in [0.5, 0.6) is 0 Å². The van der Waals surface area contributed by atoms with Crippen LogP contribution in [0.4, 0.5) is 17.6 Å². The first-order valence-corrected chi connectivity index (χ1v) is 8.02. The molecule has 12 heteroatoms. The van der Waals surface area contributed by atoms with Crippen LogP contribution < -0.4 is 11.3 Å². The molecule has 0 unspecified atom stereocenters. The van der Waals surface area contributed by atoms with Crippen LogP contribution in [-0.4, -0.2) is 26.1 Å². The van der Waals surface area contributed by atoms with Crippen molar-refractivity contribution in [2.24, 2.45) is 5.84 Å². The fourth-order valence-electron chi connectivity index (χ4n) is 2.07. The Hall–Kier alpha value is -3.41. The van der Waals surface area contributed by atoms with Crippen LogP contribution in [0.3, 0.4) is 0 Å². The van der Waals surface area contributed by atoms with Gasteiger partial charge in [-0.15, -0.1) is 10.2 Å². The van der Waals surface area contributed by atoms with Crippen molar-refractivity contribution in [3.05, 3.63) is 58.5 Å². The summed E-state index contributed by atoms with van der Waals surface area (Å²) < 4.78 is 55.1. The van der Waals surface area contributed by atoms with Crippen LogP contribution in [0.15, 0.2) is 22.7 Å². The number of carbonyl (C=O) groups excluding carboxylic acids is 1. The number of carbonyl (C=O) groups is 1. The van der Waals surface area contributed by atoms with Gasteiger partial charge in [-0.1, -0.05) is 0 Å². The Labute approximate surface area is 162 Å². The van der Waals surface area contributed by atoms with E-state index in [0.29, 0.717) is 5.69 Å². The molecule has 0 aliphatic heterocycles. The average Bonchev–Trinajstić information content (AvgIpc) is 3.17. The summed E-state index contributed by atoms with van der Waals surface area (Å²) in [4.78, 5) is 18.6. The van der Waals surface area contributed by atoms with Gasteiger partial charge in [0, 0.05) is 6.20 Å². The van der Waals surface area contributed by atoms with Gasteiger partial charge in [-0.25, -0.2) is 14.6 Å². The second kappa shape index (κ2) is 9.19. The normalized spacial score (nSPS) is 10.5. The number of nitrogens with two attached hydrogens (primary N) is 1. The van der Waals surface area contributed by atoms with E-state index in [4.69, 9.17) is 5.84 Å². The first-order valence-electron chi connectivity index (χ1n) is 8.02. The second-order valence-corrected chi connectivity index (χ2v) is 5.70. The van der Waals surface area contributed by atoms with Gasteiger partial charge in [0.25, 0.3) is 11.8 Å². The maximum absolute atomic E-state index is 13.1. The Morgan fingerprint density at radius 1 is 1.07 bits per heavy atom. The Morgan fingerprint density at radius 2 is 1.72 bits per heavy atom. The Kier molecular flexibility index (Phi) is 6.93. The quantitative estimate of drug-likeness (QED) is 0.294. The van der Waals surface area contributed by atoms with Gasteiger partial charge in [0.2, 0.25) is 5.89 Å². The van der Waals surface area contributed by atoms with E-state index in [1.807, 2.05) is 5.43 Å². The fourth-order valence-corrected chi connectivity index (χ4v) is 2.07. The third kappa shape index (κ3) is 5.31. The number of alkyl halides is 2. The molecule has 3 rings (SSSR count). The van der Waals surface area contributed by atoms with Gasteiger partial charge in [-0.2, -0.15) is 8.78 Å². The number of hydrogen-bond donors (Lipinski definition) is 2. The molecule has 3 aromatic heterocycles. The lowest BCUT2D eigenvalue weighted by Gasteiger charge is -2.04. The van der Waals surface area contributed by atoms with E-state index >= 15 is 0 Å². The molecular weight excluding hydrogens is 396 g/mol. The van der Waals surface area contributed by atoms with E-state index in [-0.39, 0.29) is 28.4 Å². The predicted octanol–water partition coefficient (Wildman–Crippen LogP) is 2.96. The first-order chi connectivity index (χ1) is 13.6. The molecule has 0 spiro atoms. The maximum atomic E-state index is 13.1. The number of nitrogens with zero attached hydrogens (tertiary/aromatic N) is 4. The van der Waals surface area contributed by atoms with Gasteiger partial charge in [-0.3, -0.25) is 20.2 Å². The topological polar surface area (TPSA) is 120 Å². The Balaban J connectivity index is 0.000000212. The highest BCUT2D eigenvalue weighted by Gasteiger charge is 2.17. The predicted molar refractivity (Wildman–Crippen MR) is 92.5 cm³/mol. The minimum Gasteiger partial charge on any atom is -0.415 e. The SMILES string of the molecule is Cc1nc(C)c(C(=O)NN)cc1F.Cc1ncc(-c2nnc(C(F)F)o2)cc1F. The first kappa shape index (κ1) is 21.9. The molecule has 0 radical (unpaired) electrons. The summed E-state index contributed by atoms with van der Waals surface area (Å²) in [5, 5.41) is 6.50. The summed E-state index contributed by atoms with van der Waals surface area (Å²) in [6.45, 7) is 4.64. The number of hydrogen-bond acceptors (Lipinski definition) is 7. The van der Waals surface area contributed by atoms with Crippen molar-refractivity contribution in [1.29, 1.82) is 0 Å². The summed E-state index contributed by atoms with van der Waals surface area (Å²) in [6.07, 6.45) is -1.56. The van der Waals surface area contributed by atoms with Crippen LogP contribution in [0, 0.1) is 32.4 Å². The molecule has 8 nitrogen and oxygen atoms in total. The molecule has 1 amide bonds. The van der Waals surface area contributed by atoms with Crippen molar-refractivity contribution >= 4 is 5.91 Å². The largest absolute Gasteiger partial charge is 0.415 e. The van der Waals surface area contributed by atoms with Crippen LogP contribution in [0.25, 0.3) is 11.5 Å². The van der Waals surface area contributed by atoms with E-state index in [2.05, 4.69) is 24.6 Å². The molecule has 154 valence electrons. The van der Waals surface area contributed by atoms with Crippen molar-refractivity contribution in [2.75, 3.05) is 0 Å². The summed E-state index contributed by atoms with van der Waals surface area (Å²) in [5.41, 5.74) is 3.19. The zero-order valence-electron chi connectivity index (χ0n) is 15.5. The minimum atomic E-state index is -2.84. The number of nitrogen functional groups attached to an aromatic ring is 1. The molecule has 0 atom stereocenters. The number of aromatic nitrogens is 4. The molecule has 0 saturated heterocycles. The van der Waals surface area contributed by atoms with Crippen molar-refractivity contribution in [1.82, 2.24) is 25.6 Å². The summed E-state index contributed by atoms with van der Waals surface area (Å²) in [7, 11) is 0. The van der Waals surface area contributed by atoms with Crippen molar-refractivity contribution in [3.8, 4) is 11.5 Å². The molecule has 0 fully saturated rings. The lowest BCUT2D eigenvalue weighted by Crippen LogP contribution is -2.31. The van der Waals surface area contributed by atoms with Gasteiger partial charge in [0.05, 0.1) is 28.2 Å². The Morgan fingerprint density at radius 3 is 2.28 bits per heavy atom. The fraction of sp³-hybridized carbons (Fsp3) is 0.235. The van der Waals surface area contributed by atoms with Crippen molar-refractivity contribution in [2.45, 2.75) is 27.2 Å². The summed E-state index contributed by atoms with van der Waals surface area (Å²) in [5.74, 6) is 2.33.